The molecule has 0 spiro atoms. The van der Waals surface area contributed by atoms with Gasteiger partial charge in [0.2, 0.25) is 17.7 Å². The summed E-state index contributed by atoms with van der Waals surface area (Å²) in [5, 5.41) is 13.4. The number of nitrogens with two attached hydrogens (primary N) is 1. The molecule has 1 fully saturated rings. The Bertz CT molecular complexity index is 1020. The van der Waals surface area contributed by atoms with Crippen LogP contribution in [0.1, 0.15) is 65.7 Å². The molecule has 2 heterocycles. The molecule has 2 aliphatic rings. The highest BCUT2D eigenvalue weighted by Crippen LogP contribution is 2.33. The van der Waals surface area contributed by atoms with E-state index in [0.717, 1.165) is 30.6 Å². The Morgan fingerprint density at radius 3 is 2.62 bits per heavy atom. The predicted molar refractivity (Wildman–Crippen MR) is 124 cm³/mol. The fourth-order valence-corrected chi connectivity index (χ4v) is 4.21. The molecule has 0 saturated carbocycles. The Balaban J connectivity index is 1.59. The SMILES string of the molecule is CN(CC(=N)NCCCCCCC(N)=O)c1cccc2c1C(=O)N([C@H]1CCC(=O)NC1=O)C2=O. The largest absolute Gasteiger partial charge is 0.373 e. The van der Waals surface area contributed by atoms with Gasteiger partial charge < -0.3 is 16.0 Å². The van der Waals surface area contributed by atoms with E-state index in [0.29, 0.717) is 18.7 Å². The lowest BCUT2D eigenvalue weighted by molar-refractivity contribution is -0.136. The average molecular weight is 471 g/mol. The number of hydrogen-bond donors (Lipinski definition) is 4. The number of likely N-dealkylation sites (N-methyl/N-ethyl adjacent to an activating group) is 1. The number of primary amides is 1. The van der Waals surface area contributed by atoms with E-state index in [2.05, 4.69) is 10.6 Å². The second-order valence-corrected chi connectivity index (χ2v) is 8.54. The zero-order valence-corrected chi connectivity index (χ0v) is 19.2. The van der Waals surface area contributed by atoms with Crippen molar-refractivity contribution in [1.82, 2.24) is 15.5 Å². The number of hydrogen-bond acceptors (Lipinski definition) is 7. The van der Waals surface area contributed by atoms with Crippen molar-refractivity contribution >= 4 is 41.1 Å². The van der Waals surface area contributed by atoms with Crippen LogP contribution in [0.4, 0.5) is 5.69 Å². The van der Waals surface area contributed by atoms with Crippen LogP contribution in [-0.2, 0) is 14.4 Å². The Morgan fingerprint density at radius 2 is 1.91 bits per heavy atom. The molecule has 34 heavy (non-hydrogen) atoms. The van der Waals surface area contributed by atoms with Crippen LogP contribution in [0, 0.1) is 5.41 Å². The van der Waals surface area contributed by atoms with Gasteiger partial charge >= 0.3 is 0 Å². The van der Waals surface area contributed by atoms with E-state index >= 15 is 0 Å². The number of fused-ring (bicyclic) bond motifs is 1. The predicted octanol–water partition coefficient (Wildman–Crippen LogP) is 0.527. The van der Waals surface area contributed by atoms with Gasteiger partial charge in [-0.25, -0.2) is 0 Å². The second-order valence-electron chi connectivity index (χ2n) is 8.54. The van der Waals surface area contributed by atoms with Gasteiger partial charge in [-0.15, -0.1) is 0 Å². The first kappa shape index (κ1) is 24.9. The third-order valence-electron chi connectivity index (χ3n) is 5.94. The van der Waals surface area contributed by atoms with E-state index < -0.39 is 29.7 Å². The van der Waals surface area contributed by atoms with Crippen LogP contribution in [0.15, 0.2) is 18.2 Å². The lowest BCUT2D eigenvalue weighted by Crippen LogP contribution is -2.54. The Morgan fingerprint density at radius 1 is 1.18 bits per heavy atom. The fourth-order valence-electron chi connectivity index (χ4n) is 4.21. The first-order chi connectivity index (χ1) is 16.2. The second kappa shape index (κ2) is 10.9. The van der Waals surface area contributed by atoms with Gasteiger partial charge in [0.15, 0.2) is 0 Å². The van der Waals surface area contributed by atoms with E-state index in [1.165, 1.54) is 0 Å². The highest BCUT2D eigenvalue weighted by atomic mass is 16.2. The molecule has 5 amide bonds. The first-order valence-corrected chi connectivity index (χ1v) is 11.4. The Kier molecular flexibility index (Phi) is 7.98. The molecular formula is C23H30N6O5. The minimum atomic E-state index is -1.02. The fraction of sp³-hybridized carbons (Fsp3) is 0.478. The van der Waals surface area contributed by atoms with Crippen LogP contribution in [0.5, 0.6) is 0 Å². The van der Waals surface area contributed by atoms with E-state index in [9.17, 15) is 24.0 Å². The normalized spacial score (nSPS) is 17.4. The van der Waals surface area contributed by atoms with Gasteiger partial charge in [-0.05, 0) is 31.4 Å². The standard InChI is InChI=1S/C23H30N6O5/c1-28(13-17(24)26-12-5-3-2-4-9-18(25)30)15-8-6-7-14-20(15)23(34)29(22(14)33)16-10-11-19(31)27-21(16)32/h6-8,16H,2-5,9-13H2,1H3,(H2,24,26)(H2,25,30)(H,27,31,32)/t16-/m0/s1. The molecule has 0 unspecified atom stereocenters. The van der Waals surface area contributed by atoms with Crippen molar-refractivity contribution in [2.45, 2.75) is 51.0 Å². The number of carbonyl (C=O) groups is 5. The molecule has 0 aliphatic carbocycles. The molecule has 0 bridgehead atoms. The summed E-state index contributed by atoms with van der Waals surface area (Å²) in [4.78, 5) is 63.3. The van der Waals surface area contributed by atoms with Crippen molar-refractivity contribution < 1.29 is 24.0 Å². The Hall–Kier alpha value is -3.76. The minimum absolute atomic E-state index is 0.0601. The Labute approximate surface area is 197 Å². The minimum Gasteiger partial charge on any atom is -0.373 e. The number of carbonyl (C=O) groups excluding carboxylic acids is 5. The molecule has 0 radical (unpaired) electrons. The van der Waals surface area contributed by atoms with Gasteiger partial charge in [0.25, 0.3) is 11.8 Å². The van der Waals surface area contributed by atoms with Gasteiger partial charge in [-0.1, -0.05) is 18.9 Å². The average Bonchev–Trinajstić information content (AvgIpc) is 3.03. The molecule has 11 nitrogen and oxygen atoms in total. The van der Waals surface area contributed by atoms with Gasteiger partial charge in [0.05, 0.1) is 23.4 Å². The van der Waals surface area contributed by atoms with E-state index in [-0.39, 0.29) is 42.3 Å². The number of amidine groups is 1. The third-order valence-corrected chi connectivity index (χ3v) is 5.94. The molecule has 11 heteroatoms. The zero-order chi connectivity index (χ0) is 24.8. The van der Waals surface area contributed by atoms with Crippen molar-refractivity contribution in [3.8, 4) is 0 Å². The van der Waals surface area contributed by atoms with E-state index in [4.69, 9.17) is 11.1 Å². The van der Waals surface area contributed by atoms with Crippen LogP contribution in [0.2, 0.25) is 0 Å². The molecule has 1 aromatic carbocycles. The van der Waals surface area contributed by atoms with Crippen LogP contribution < -0.4 is 21.3 Å². The molecule has 0 aromatic heterocycles. The van der Waals surface area contributed by atoms with Crippen molar-refractivity contribution in [2.75, 3.05) is 25.0 Å². The molecular weight excluding hydrogens is 440 g/mol. The molecule has 1 saturated heterocycles. The monoisotopic (exact) mass is 470 g/mol. The molecule has 3 rings (SSSR count). The van der Waals surface area contributed by atoms with Crippen LogP contribution in [-0.4, -0.2) is 66.5 Å². The summed E-state index contributed by atoms with van der Waals surface area (Å²) < 4.78 is 0. The molecule has 1 aromatic rings. The topological polar surface area (TPSA) is 166 Å². The maximum atomic E-state index is 13.2. The summed E-state index contributed by atoms with van der Waals surface area (Å²) >= 11 is 0. The number of anilines is 1. The number of nitrogens with zero attached hydrogens (tertiary/aromatic N) is 2. The summed E-state index contributed by atoms with van der Waals surface area (Å²) in [5.74, 6) is -2.25. The summed E-state index contributed by atoms with van der Waals surface area (Å²) in [6, 6.07) is 3.88. The number of amides is 5. The highest BCUT2D eigenvalue weighted by molar-refractivity contribution is 6.25. The highest BCUT2D eigenvalue weighted by Gasteiger charge is 2.45. The molecule has 182 valence electrons. The lowest BCUT2D eigenvalue weighted by Gasteiger charge is -2.28. The van der Waals surface area contributed by atoms with Crippen LogP contribution >= 0.6 is 0 Å². The van der Waals surface area contributed by atoms with Gasteiger partial charge in [0.1, 0.15) is 11.9 Å². The summed E-state index contributed by atoms with van der Waals surface area (Å²) in [6.45, 7) is 0.800. The quantitative estimate of drug-likeness (QED) is 0.158. The van der Waals surface area contributed by atoms with Crippen molar-refractivity contribution in [3.05, 3.63) is 29.3 Å². The molecule has 5 N–H and O–H groups in total. The zero-order valence-electron chi connectivity index (χ0n) is 19.2. The third kappa shape index (κ3) is 5.59. The molecule has 1 atom stereocenters. The van der Waals surface area contributed by atoms with Crippen molar-refractivity contribution in [1.29, 1.82) is 5.41 Å². The maximum Gasteiger partial charge on any atom is 0.264 e. The van der Waals surface area contributed by atoms with Gasteiger partial charge in [-0.3, -0.25) is 39.6 Å². The smallest absolute Gasteiger partial charge is 0.264 e. The summed E-state index contributed by atoms with van der Waals surface area (Å²) in [5.41, 5.74) is 6.01. The number of imide groups is 2. The van der Waals surface area contributed by atoms with Crippen molar-refractivity contribution in [2.24, 2.45) is 5.73 Å². The number of unbranched alkanes of at least 4 members (excludes halogenated alkanes) is 3. The van der Waals surface area contributed by atoms with Gasteiger partial charge in [0, 0.05) is 26.4 Å². The number of nitrogens with one attached hydrogen (secondary N) is 3. The van der Waals surface area contributed by atoms with Crippen LogP contribution in [0.3, 0.4) is 0 Å². The van der Waals surface area contributed by atoms with E-state index in [1.807, 2.05) is 0 Å². The lowest BCUT2D eigenvalue weighted by atomic mass is 10.0. The van der Waals surface area contributed by atoms with Crippen molar-refractivity contribution in [3.63, 3.8) is 0 Å². The number of rotatable bonds is 11. The van der Waals surface area contributed by atoms with Crippen LogP contribution in [0.25, 0.3) is 0 Å². The summed E-state index contributed by atoms with van der Waals surface area (Å²) in [6.07, 6.45) is 3.97. The number of benzene rings is 1. The van der Waals surface area contributed by atoms with E-state index in [1.54, 1.807) is 30.1 Å². The van der Waals surface area contributed by atoms with Gasteiger partial charge in [-0.2, -0.15) is 0 Å². The number of piperidine rings is 1. The maximum absolute atomic E-state index is 13.2. The molecule has 2 aliphatic heterocycles. The first-order valence-electron chi connectivity index (χ1n) is 11.4. The summed E-state index contributed by atoms with van der Waals surface area (Å²) in [7, 11) is 1.72.